The fourth-order valence-corrected chi connectivity index (χ4v) is 2.29. The normalized spacial score (nSPS) is 14.9. The number of hydrogen-bond donors (Lipinski definition) is 0. The molecule has 1 aromatic rings. The molecule has 1 heterocycles. The largest absolute Gasteiger partial charge is 0.378 e. The van der Waals surface area contributed by atoms with E-state index in [2.05, 4.69) is 0 Å². The van der Waals surface area contributed by atoms with Gasteiger partial charge in [-0.3, -0.25) is 9.59 Å². The molecule has 0 saturated carbocycles. The fourth-order valence-electron chi connectivity index (χ4n) is 2.29. The molecule has 114 valence electrons. The van der Waals surface area contributed by atoms with Crippen molar-refractivity contribution in [2.75, 3.05) is 37.7 Å². The number of carbonyl (C=O) groups is 2. The van der Waals surface area contributed by atoms with Crippen LogP contribution in [0.2, 0.25) is 0 Å². The second kappa shape index (κ2) is 7.17. The molecular formula is C15H19FN2O3. The van der Waals surface area contributed by atoms with Crippen molar-refractivity contribution >= 4 is 17.5 Å². The molecule has 1 aliphatic rings. The third-order valence-corrected chi connectivity index (χ3v) is 3.41. The zero-order chi connectivity index (χ0) is 15.2. The second-order valence-corrected chi connectivity index (χ2v) is 4.89. The summed E-state index contributed by atoms with van der Waals surface area (Å²) in [4.78, 5) is 26.9. The molecule has 1 aromatic carbocycles. The van der Waals surface area contributed by atoms with Crippen LogP contribution in [0.5, 0.6) is 0 Å². The molecule has 0 bridgehead atoms. The average molecular weight is 294 g/mol. The molecule has 0 atom stereocenters. The van der Waals surface area contributed by atoms with Crippen LogP contribution in [0.15, 0.2) is 24.3 Å². The van der Waals surface area contributed by atoms with Gasteiger partial charge in [-0.05, 0) is 18.2 Å². The summed E-state index contributed by atoms with van der Waals surface area (Å²) in [5, 5.41) is 0. The summed E-state index contributed by atoms with van der Waals surface area (Å²) >= 11 is 0. The molecule has 0 spiro atoms. The number of benzene rings is 1. The van der Waals surface area contributed by atoms with Gasteiger partial charge < -0.3 is 14.5 Å². The summed E-state index contributed by atoms with van der Waals surface area (Å²) < 4.78 is 18.4. The first-order valence-electron chi connectivity index (χ1n) is 6.97. The fraction of sp³-hybridized carbons (Fsp3) is 0.467. The van der Waals surface area contributed by atoms with Crippen molar-refractivity contribution in [2.24, 2.45) is 0 Å². The van der Waals surface area contributed by atoms with Gasteiger partial charge in [0.15, 0.2) is 0 Å². The van der Waals surface area contributed by atoms with Crippen LogP contribution >= 0.6 is 0 Å². The minimum absolute atomic E-state index is 0.0130. The number of rotatable bonds is 4. The van der Waals surface area contributed by atoms with E-state index in [0.717, 1.165) is 0 Å². The van der Waals surface area contributed by atoms with Gasteiger partial charge in [-0.15, -0.1) is 0 Å². The third-order valence-electron chi connectivity index (χ3n) is 3.41. The number of nitrogens with zero attached hydrogens (tertiary/aromatic N) is 2. The van der Waals surface area contributed by atoms with Crippen LogP contribution in [0.3, 0.4) is 0 Å². The Morgan fingerprint density at radius 3 is 2.67 bits per heavy atom. The van der Waals surface area contributed by atoms with E-state index in [0.29, 0.717) is 32.0 Å². The Morgan fingerprint density at radius 1 is 1.33 bits per heavy atom. The number of ether oxygens (including phenoxy) is 1. The van der Waals surface area contributed by atoms with Crippen LogP contribution in [0.1, 0.15) is 13.3 Å². The van der Waals surface area contributed by atoms with Crippen molar-refractivity contribution < 1.29 is 18.7 Å². The Kier molecular flexibility index (Phi) is 5.27. The first kappa shape index (κ1) is 15.4. The zero-order valence-corrected chi connectivity index (χ0v) is 12.0. The summed E-state index contributed by atoms with van der Waals surface area (Å²) in [6.07, 6.45) is 0.218. The number of anilines is 1. The van der Waals surface area contributed by atoms with Crippen molar-refractivity contribution in [1.29, 1.82) is 0 Å². The Bertz CT molecular complexity index is 515. The highest BCUT2D eigenvalue weighted by Gasteiger charge is 2.19. The maximum atomic E-state index is 13.3. The van der Waals surface area contributed by atoms with Gasteiger partial charge in [0.1, 0.15) is 5.82 Å². The Morgan fingerprint density at radius 2 is 2.05 bits per heavy atom. The highest BCUT2D eigenvalue weighted by atomic mass is 19.1. The number of hydrogen-bond acceptors (Lipinski definition) is 3. The predicted molar refractivity (Wildman–Crippen MR) is 76.4 cm³/mol. The molecule has 1 saturated heterocycles. The summed E-state index contributed by atoms with van der Waals surface area (Å²) in [5.74, 6) is -0.630. The lowest BCUT2D eigenvalue weighted by atomic mass is 10.2. The number of morpholine rings is 1. The Hall–Kier alpha value is -1.95. The van der Waals surface area contributed by atoms with E-state index >= 15 is 0 Å². The van der Waals surface area contributed by atoms with Crippen LogP contribution in [0, 0.1) is 5.82 Å². The first-order chi connectivity index (χ1) is 10.1. The molecule has 1 fully saturated rings. The molecule has 1 aliphatic heterocycles. The average Bonchev–Trinajstić information content (AvgIpc) is 2.48. The van der Waals surface area contributed by atoms with Crippen molar-refractivity contribution in [3.8, 4) is 0 Å². The molecular weight excluding hydrogens is 275 g/mol. The molecule has 0 N–H and O–H groups in total. The van der Waals surface area contributed by atoms with E-state index in [1.807, 2.05) is 0 Å². The van der Waals surface area contributed by atoms with Crippen LogP contribution < -0.4 is 4.90 Å². The first-order valence-corrected chi connectivity index (χ1v) is 6.97. The molecule has 5 nitrogen and oxygen atoms in total. The van der Waals surface area contributed by atoms with Gasteiger partial charge in [-0.25, -0.2) is 4.39 Å². The quantitative estimate of drug-likeness (QED) is 0.844. The van der Waals surface area contributed by atoms with Crippen LogP contribution in [0.4, 0.5) is 10.1 Å². The van der Waals surface area contributed by atoms with Gasteiger partial charge in [-0.1, -0.05) is 6.07 Å². The number of carbonyl (C=O) groups excluding carboxylic acids is 2. The molecule has 0 unspecified atom stereocenters. The lowest BCUT2D eigenvalue weighted by Crippen LogP contribution is -2.42. The zero-order valence-electron chi connectivity index (χ0n) is 12.0. The smallest absolute Gasteiger partial charge is 0.224 e. The van der Waals surface area contributed by atoms with Gasteiger partial charge in [0.05, 0.1) is 13.2 Å². The summed E-state index contributed by atoms with van der Waals surface area (Å²) in [6.45, 7) is 3.91. The molecule has 2 rings (SSSR count). The maximum absolute atomic E-state index is 13.3. The van der Waals surface area contributed by atoms with Crippen molar-refractivity contribution in [3.05, 3.63) is 30.1 Å². The van der Waals surface area contributed by atoms with E-state index in [1.54, 1.807) is 17.0 Å². The summed E-state index contributed by atoms with van der Waals surface area (Å²) in [6, 6.07) is 5.81. The minimum atomic E-state index is -0.404. The monoisotopic (exact) mass is 294 g/mol. The lowest BCUT2D eigenvalue weighted by Gasteiger charge is -2.28. The van der Waals surface area contributed by atoms with Crippen molar-refractivity contribution in [2.45, 2.75) is 13.3 Å². The van der Waals surface area contributed by atoms with Gasteiger partial charge in [0.2, 0.25) is 11.8 Å². The number of halogens is 1. The SMILES string of the molecule is CC(=O)N(CCC(=O)N1CCOCC1)c1cccc(F)c1. The van der Waals surface area contributed by atoms with Gasteiger partial charge in [0.25, 0.3) is 0 Å². The molecule has 0 radical (unpaired) electrons. The predicted octanol–water partition coefficient (Wildman–Crippen LogP) is 1.43. The molecule has 0 aromatic heterocycles. The topological polar surface area (TPSA) is 49.9 Å². The van der Waals surface area contributed by atoms with Crippen LogP contribution in [0.25, 0.3) is 0 Å². The Labute approximate surface area is 123 Å². The third kappa shape index (κ3) is 4.26. The summed E-state index contributed by atoms with van der Waals surface area (Å²) in [7, 11) is 0. The Balaban J connectivity index is 1.97. The van der Waals surface area contributed by atoms with E-state index in [9.17, 15) is 14.0 Å². The van der Waals surface area contributed by atoms with E-state index in [-0.39, 0.29) is 24.8 Å². The number of amides is 2. The van der Waals surface area contributed by atoms with Crippen LogP contribution in [-0.2, 0) is 14.3 Å². The standard InChI is InChI=1S/C15H19FN2O3/c1-12(19)18(14-4-2-3-13(16)11-14)6-5-15(20)17-7-9-21-10-8-17/h2-4,11H,5-10H2,1H3. The minimum Gasteiger partial charge on any atom is -0.378 e. The highest BCUT2D eigenvalue weighted by molar-refractivity contribution is 5.92. The van der Waals surface area contributed by atoms with Gasteiger partial charge in [-0.2, -0.15) is 0 Å². The highest BCUT2D eigenvalue weighted by Crippen LogP contribution is 2.16. The maximum Gasteiger partial charge on any atom is 0.224 e. The van der Waals surface area contributed by atoms with Gasteiger partial charge in [0, 0.05) is 38.7 Å². The second-order valence-electron chi connectivity index (χ2n) is 4.89. The molecule has 21 heavy (non-hydrogen) atoms. The van der Waals surface area contributed by atoms with Crippen molar-refractivity contribution in [1.82, 2.24) is 4.90 Å². The molecule has 0 aliphatic carbocycles. The lowest BCUT2D eigenvalue weighted by molar-refractivity contribution is -0.135. The van der Waals surface area contributed by atoms with E-state index in [1.165, 1.54) is 24.0 Å². The van der Waals surface area contributed by atoms with E-state index in [4.69, 9.17) is 4.74 Å². The van der Waals surface area contributed by atoms with Crippen molar-refractivity contribution in [3.63, 3.8) is 0 Å². The van der Waals surface area contributed by atoms with E-state index < -0.39 is 5.82 Å². The molecule has 2 amide bonds. The molecule has 6 heteroatoms. The summed E-state index contributed by atoms with van der Waals surface area (Å²) in [5.41, 5.74) is 0.470. The van der Waals surface area contributed by atoms with Gasteiger partial charge >= 0.3 is 0 Å². The van der Waals surface area contributed by atoms with Crippen LogP contribution in [-0.4, -0.2) is 49.6 Å².